The second-order valence-corrected chi connectivity index (χ2v) is 7.13. The fourth-order valence-electron chi connectivity index (χ4n) is 3.62. The smallest absolute Gasteiger partial charge is 0.0613 e. The lowest BCUT2D eigenvalue weighted by Crippen LogP contribution is -2.51. The topological polar surface area (TPSA) is 41.5 Å². The maximum atomic E-state index is 9.74. The molecule has 0 aliphatic heterocycles. The minimum absolute atomic E-state index is 0.129. The third kappa shape index (κ3) is 6.66. The summed E-state index contributed by atoms with van der Waals surface area (Å²) >= 11 is 0. The second-order valence-electron chi connectivity index (χ2n) is 7.13. The molecule has 0 bridgehead atoms. The lowest BCUT2D eigenvalue weighted by molar-refractivity contribution is 0.00610. The van der Waals surface area contributed by atoms with Crippen LogP contribution in [-0.2, 0) is 4.74 Å². The predicted molar refractivity (Wildman–Crippen MR) is 89.6 cm³/mol. The van der Waals surface area contributed by atoms with E-state index >= 15 is 0 Å². The van der Waals surface area contributed by atoms with E-state index in [9.17, 15) is 5.11 Å². The van der Waals surface area contributed by atoms with Gasteiger partial charge in [0, 0.05) is 18.2 Å². The molecule has 3 unspecified atom stereocenters. The highest BCUT2D eigenvalue weighted by Crippen LogP contribution is 2.28. The molecule has 126 valence electrons. The third-order valence-electron chi connectivity index (χ3n) is 5.04. The van der Waals surface area contributed by atoms with E-state index in [1.807, 2.05) is 0 Å². The molecule has 1 rings (SSSR count). The Morgan fingerprint density at radius 1 is 1.29 bits per heavy atom. The Balaban J connectivity index is 2.27. The lowest BCUT2D eigenvalue weighted by atomic mass is 9.85. The van der Waals surface area contributed by atoms with Gasteiger partial charge in [0.25, 0.3) is 0 Å². The summed E-state index contributed by atoms with van der Waals surface area (Å²) in [4.78, 5) is 0. The van der Waals surface area contributed by atoms with Crippen LogP contribution < -0.4 is 5.32 Å². The number of nitrogens with one attached hydrogen (secondary N) is 1. The van der Waals surface area contributed by atoms with Crippen molar-refractivity contribution in [3.63, 3.8) is 0 Å². The molecule has 0 aromatic rings. The third-order valence-corrected chi connectivity index (χ3v) is 5.04. The molecule has 3 heteroatoms. The van der Waals surface area contributed by atoms with Crippen molar-refractivity contribution in [1.29, 1.82) is 0 Å². The van der Waals surface area contributed by atoms with Crippen LogP contribution in [0.3, 0.4) is 0 Å². The van der Waals surface area contributed by atoms with E-state index in [1.54, 1.807) is 0 Å². The van der Waals surface area contributed by atoms with E-state index in [0.717, 1.165) is 31.8 Å². The number of ether oxygens (including phenoxy) is 1. The summed E-state index contributed by atoms with van der Waals surface area (Å²) in [7, 11) is 0. The first-order chi connectivity index (χ1) is 10.0. The van der Waals surface area contributed by atoms with Gasteiger partial charge >= 0.3 is 0 Å². The fraction of sp³-hybridized carbons (Fsp3) is 1.00. The van der Waals surface area contributed by atoms with Gasteiger partial charge in [0.2, 0.25) is 0 Å². The van der Waals surface area contributed by atoms with Crippen molar-refractivity contribution in [1.82, 2.24) is 5.32 Å². The van der Waals surface area contributed by atoms with Crippen LogP contribution in [0.5, 0.6) is 0 Å². The zero-order chi connectivity index (χ0) is 15.7. The number of hydrogen-bond donors (Lipinski definition) is 2. The largest absolute Gasteiger partial charge is 0.394 e. The average Bonchev–Trinajstić information content (AvgIpc) is 2.50. The molecular weight excluding hydrogens is 262 g/mol. The van der Waals surface area contributed by atoms with Crippen LogP contribution in [0.1, 0.15) is 79.1 Å². The molecule has 3 atom stereocenters. The van der Waals surface area contributed by atoms with Gasteiger partial charge in [-0.05, 0) is 38.0 Å². The Kier molecular flexibility index (Phi) is 8.84. The molecule has 0 amide bonds. The highest BCUT2D eigenvalue weighted by molar-refractivity contribution is 4.87. The number of aliphatic hydroxyl groups is 1. The van der Waals surface area contributed by atoms with Gasteiger partial charge in [0.05, 0.1) is 12.7 Å². The van der Waals surface area contributed by atoms with E-state index in [4.69, 9.17) is 4.74 Å². The average molecular weight is 299 g/mol. The summed E-state index contributed by atoms with van der Waals surface area (Å²) in [5.74, 6) is 0.874. The maximum Gasteiger partial charge on any atom is 0.0613 e. The van der Waals surface area contributed by atoms with Crippen LogP contribution in [0, 0.1) is 5.92 Å². The van der Waals surface area contributed by atoms with Crippen LogP contribution in [0.4, 0.5) is 0 Å². The summed E-state index contributed by atoms with van der Waals surface area (Å²) in [6, 6.07) is 0.404. The highest BCUT2D eigenvalue weighted by atomic mass is 16.5. The van der Waals surface area contributed by atoms with Gasteiger partial charge in [-0.3, -0.25) is 0 Å². The number of hydrogen-bond acceptors (Lipinski definition) is 3. The van der Waals surface area contributed by atoms with Gasteiger partial charge < -0.3 is 15.2 Å². The maximum absolute atomic E-state index is 9.74. The van der Waals surface area contributed by atoms with Gasteiger partial charge in [-0.25, -0.2) is 0 Å². The van der Waals surface area contributed by atoms with E-state index in [0.29, 0.717) is 12.1 Å². The van der Waals surface area contributed by atoms with Crippen molar-refractivity contribution in [3.8, 4) is 0 Å². The normalized spacial score (nSPS) is 26.0. The van der Waals surface area contributed by atoms with Crippen LogP contribution in [0.2, 0.25) is 0 Å². The molecule has 0 radical (unpaired) electrons. The Morgan fingerprint density at radius 3 is 2.62 bits per heavy atom. The van der Waals surface area contributed by atoms with E-state index in [1.165, 1.54) is 32.1 Å². The van der Waals surface area contributed by atoms with Crippen molar-refractivity contribution < 1.29 is 9.84 Å². The van der Waals surface area contributed by atoms with Crippen molar-refractivity contribution in [2.45, 2.75) is 96.7 Å². The van der Waals surface area contributed by atoms with Crippen molar-refractivity contribution >= 4 is 0 Å². The predicted octanol–water partition coefficient (Wildman–Crippen LogP) is 3.89. The summed E-state index contributed by atoms with van der Waals surface area (Å²) in [5, 5.41) is 13.3. The van der Waals surface area contributed by atoms with Gasteiger partial charge in [0.15, 0.2) is 0 Å². The SMILES string of the molecule is CCC1CCCC(OCCCC(CC)(CO)NC(C)C)C1. The molecule has 2 N–H and O–H groups in total. The number of aliphatic hydroxyl groups excluding tert-OH is 1. The highest BCUT2D eigenvalue weighted by Gasteiger charge is 2.27. The Morgan fingerprint density at radius 2 is 2.05 bits per heavy atom. The Bertz CT molecular complexity index is 264. The quantitative estimate of drug-likeness (QED) is 0.601. The molecule has 21 heavy (non-hydrogen) atoms. The Labute approximate surface area is 131 Å². The summed E-state index contributed by atoms with van der Waals surface area (Å²) in [6.45, 7) is 9.78. The molecule has 1 aliphatic carbocycles. The van der Waals surface area contributed by atoms with Crippen LogP contribution in [-0.4, -0.2) is 36.0 Å². The summed E-state index contributed by atoms with van der Waals surface area (Å²) < 4.78 is 6.09. The minimum Gasteiger partial charge on any atom is -0.394 e. The zero-order valence-corrected chi connectivity index (χ0v) is 14.7. The fourth-order valence-corrected chi connectivity index (χ4v) is 3.62. The van der Waals surface area contributed by atoms with Gasteiger partial charge in [0.1, 0.15) is 0 Å². The molecule has 0 aromatic carbocycles. The molecular formula is C18H37NO2. The Hall–Kier alpha value is -0.120. The van der Waals surface area contributed by atoms with E-state index in [-0.39, 0.29) is 12.1 Å². The summed E-state index contributed by atoms with van der Waals surface area (Å²) in [6.07, 6.45) is 9.95. The lowest BCUT2D eigenvalue weighted by Gasteiger charge is -2.35. The van der Waals surface area contributed by atoms with Crippen LogP contribution in [0.15, 0.2) is 0 Å². The van der Waals surface area contributed by atoms with E-state index in [2.05, 4.69) is 33.0 Å². The first-order valence-electron chi connectivity index (χ1n) is 9.05. The minimum atomic E-state index is -0.129. The van der Waals surface area contributed by atoms with E-state index < -0.39 is 0 Å². The molecule has 3 nitrogen and oxygen atoms in total. The van der Waals surface area contributed by atoms with Gasteiger partial charge in [-0.15, -0.1) is 0 Å². The van der Waals surface area contributed by atoms with Crippen LogP contribution in [0.25, 0.3) is 0 Å². The second kappa shape index (κ2) is 9.81. The molecule has 0 saturated heterocycles. The standard InChI is InChI=1S/C18H37NO2/c1-5-16-9-7-10-17(13-16)21-12-8-11-18(6-2,14-20)19-15(3)4/h15-17,19-20H,5-14H2,1-4H3. The van der Waals surface area contributed by atoms with Crippen molar-refractivity contribution in [2.24, 2.45) is 5.92 Å². The molecule has 0 aromatic heterocycles. The molecule has 0 spiro atoms. The first-order valence-corrected chi connectivity index (χ1v) is 9.05. The summed E-state index contributed by atoms with van der Waals surface area (Å²) in [5.41, 5.74) is -0.129. The molecule has 1 aliphatic rings. The van der Waals surface area contributed by atoms with Crippen molar-refractivity contribution in [2.75, 3.05) is 13.2 Å². The van der Waals surface area contributed by atoms with Gasteiger partial charge in [-0.1, -0.05) is 47.0 Å². The molecule has 1 fully saturated rings. The molecule has 1 saturated carbocycles. The first kappa shape index (κ1) is 18.9. The number of rotatable bonds is 10. The monoisotopic (exact) mass is 299 g/mol. The van der Waals surface area contributed by atoms with Crippen molar-refractivity contribution in [3.05, 3.63) is 0 Å². The van der Waals surface area contributed by atoms with Crippen LogP contribution >= 0.6 is 0 Å². The molecule has 0 heterocycles. The van der Waals surface area contributed by atoms with Gasteiger partial charge in [-0.2, -0.15) is 0 Å². The zero-order valence-electron chi connectivity index (χ0n) is 14.7.